The summed E-state index contributed by atoms with van der Waals surface area (Å²) in [7, 11) is 0. The topological polar surface area (TPSA) is 15.3 Å². The molecule has 3 heteroatoms. The van der Waals surface area contributed by atoms with Crippen LogP contribution in [-0.2, 0) is 0 Å². The minimum Gasteiger partial charge on any atom is -0.308 e. The van der Waals surface area contributed by atoms with Gasteiger partial charge in [-0.25, -0.2) is 4.39 Å². The smallest absolute Gasteiger partial charge is 0.123 e. The van der Waals surface area contributed by atoms with Gasteiger partial charge in [0, 0.05) is 30.7 Å². The molecule has 1 saturated carbocycles. The Morgan fingerprint density at radius 2 is 2.00 bits per heavy atom. The fourth-order valence-corrected chi connectivity index (χ4v) is 3.79. The van der Waals surface area contributed by atoms with Crippen LogP contribution in [0.5, 0.6) is 0 Å². The minimum absolute atomic E-state index is 0.152. The van der Waals surface area contributed by atoms with Crippen LogP contribution in [0.3, 0.4) is 0 Å². The first-order valence-corrected chi connectivity index (χ1v) is 8.29. The maximum absolute atomic E-state index is 13.1. The van der Waals surface area contributed by atoms with E-state index in [1.807, 2.05) is 12.1 Å². The maximum Gasteiger partial charge on any atom is 0.123 e. The summed E-state index contributed by atoms with van der Waals surface area (Å²) in [6, 6.07) is 7.93. The van der Waals surface area contributed by atoms with Gasteiger partial charge in [-0.15, -0.1) is 0 Å². The summed E-state index contributed by atoms with van der Waals surface area (Å²) in [6.45, 7) is 9.05. The van der Waals surface area contributed by atoms with Crippen molar-refractivity contribution in [1.82, 2.24) is 10.2 Å². The monoisotopic (exact) mass is 290 g/mol. The molecule has 2 aliphatic rings. The molecule has 1 aliphatic heterocycles. The third-order valence-corrected chi connectivity index (χ3v) is 5.52. The fraction of sp³-hybridized carbons (Fsp3) is 0.667. The number of piperazine rings is 1. The SMILES string of the molecule is CCC1CNC(C)(C2CC2)CN1C(C)c1ccc(F)cc1. The van der Waals surface area contributed by atoms with E-state index < -0.39 is 0 Å². The summed E-state index contributed by atoms with van der Waals surface area (Å²) in [4.78, 5) is 2.63. The van der Waals surface area contributed by atoms with Crippen LogP contribution in [0.25, 0.3) is 0 Å². The van der Waals surface area contributed by atoms with Crippen molar-refractivity contribution >= 4 is 0 Å². The molecular formula is C18H27FN2. The Labute approximate surface area is 127 Å². The summed E-state index contributed by atoms with van der Waals surface area (Å²) >= 11 is 0. The molecule has 3 rings (SSSR count). The Balaban J connectivity index is 1.80. The maximum atomic E-state index is 13.1. The Bertz CT molecular complexity index is 482. The van der Waals surface area contributed by atoms with E-state index in [0.29, 0.717) is 12.1 Å². The summed E-state index contributed by atoms with van der Waals surface area (Å²) in [5.74, 6) is 0.680. The molecule has 0 radical (unpaired) electrons. The van der Waals surface area contributed by atoms with Crippen LogP contribution in [0.4, 0.5) is 4.39 Å². The molecule has 1 aromatic rings. The van der Waals surface area contributed by atoms with Gasteiger partial charge < -0.3 is 5.32 Å². The zero-order valence-electron chi connectivity index (χ0n) is 13.4. The molecule has 1 heterocycles. The Kier molecular flexibility index (Phi) is 4.06. The van der Waals surface area contributed by atoms with E-state index in [1.54, 1.807) is 12.1 Å². The van der Waals surface area contributed by atoms with Gasteiger partial charge in [-0.1, -0.05) is 19.1 Å². The van der Waals surface area contributed by atoms with Crippen LogP contribution < -0.4 is 5.32 Å². The Morgan fingerprint density at radius 1 is 1.33 bits per heavy atom. The van der Waals surface area contributed by atoms with Crippen molar-refractivity contribution in [1.29, 1.82) is 0 Å². The average Bonchev–Trinajstić information content (AvgIpc) is 3.32. The van der Waals surface area contributed by atoms with Crippen LogP contribution in [0, 0.1) is 11.7 Å². The van der Waals surface area contributed by atoms with E-state index in [-0.39, 0.29) is 11.4 Å². The molecule has 3 atom stereocenters. The predicted molar refractivity (Wildman–Crippen MR) is 84.7 cm³/mol. The largest absolute Gasteiger partial charge is 0.308 e. The fourth-order valence-electron chi connectivity index (χ4n) is 3.79. The Morgan fingerprint density at radius 3 is 2.57 bits per heavy atom. The number of nitrogens with one attached hydrogen (secondary N) is 1. The lowest BCUT2D eigenvalue weighted by molar-refractivity contribution is 0.0418. The average molecular weight is 290 g/mol. The van der Waals surface area contributed by atoms with Gasteiger partial charge >= 0.3 is 0 Å². The van der Waals surface area contributed by atoms with Crippen molar-refractivity contribution in [2.45, 2.75) is 57.7 Å². The van der Waals surface area contributed by atoms with Gasteiger partial charge in [-0.2, -0.15) is 0 Å². The Hall–Kier alpha value is -0.930. The number of benzene rings is 1. The standard InChI is InChI=1S/C18H27FN2/c1-4-17-11-20-18(3,15-7-8-15)12-21(17)13(2)14-5-9-16(19)10-6-14/h5-6,9-10,13,15,17,20H,4,7-8,11-12H2,1-3H3. The van der Waals surface area contributed by atoms with Gasteiger partial charge in [0.25, 0.3) is 0 Å². The minimum atomic E-state index is -0.152. The summed E-state index contributed by atoms with van der Waals surface area (Å²) in [5, 5.41) is 3.80. The molecule has 0 bridgehead atoms. The van der Waals surface area contributed by atoms with E-state index >= 15 is 0 Å². The van der Waals surface area contributed by atoms with Crippen molar-refractivity contribution in [3.8, 4) is 0 Å². The van der Waals surface area contributed by atoms with Gasteiger partial charge in [0.15, 0.2) is 0 Å². The first-order chi connectivity index (χ1) is 10.0. The van der Waals surface area contributed by atoms with E-state index in [1.165, 1.54) is 18.4 Å². The molecule has 1 aliphatic carbocycles. The second-order valence-electron chi connectivity index (χ2n) is 7.03. The molecule has 2 nitrogen and oxygen atoms in total. The number of nitrogens with zero attached hydrogens (tertiary/aromatic N) is 1. The molecule has 1 N–H and O–H groups in total. The molecule has 1 aromatic carbocycles. The molecule has 21 heavy (non-hydrogen) atoms. The van der Waals surface area contributed by atoms with Gasteiger partial charge in [0.2, 0.25) is 0 Å². The summed E-state index contributed by atoms with van der Waals surface area (Å²) in [5.41, 5.74) is 1.47. The molecule has 2 fully saturated rings. The van der Waals surface area contributed by atoms with E-state index in [2.05, 4.69) is 31.0 Å². The zero-order chi connectivity index (χ0) is 15.0. The van der Waals surface area contributed by atoms with Gasteiger partial charge in [-0.05, 0) is 56.7 Å². The van der Waals surface area contributed by atoms with Crippen molar-refractivity contribution < 1.29 is 4.39 Å². The molecule has 0 amide bonds. The quantitative estimate of drug-likeness (QED) is 0.909. The first-order valence-electron chi connectivity index (χ1n) is 8.29. The molecule has 0 aromatic heterocycles. The van der Waals surface area contributed by atoms with Crippen LogP contribution in [0.1, 0.15) is 51.6 Å². The highest BCUT2D eigenvalue weighted by Crippen LogP contribution is 2.42. The number of halogens is 1. The highest BCUT2D eigenvalue weighted by molar-refractivity contribution is 5.20. The predicted octanol–water partition coefficient (Wildman–Crippen LogP) is 3.74. The summed E-state index contributed by atoms with van der Waals surface area (Å²) in [6.07, 6.45) is 3.87. The normalized spacial score (nSPS) is 32.1. The van der Waals surface area contributed by atoms with E-state index in [4.69, 9.17) is 0 Å². The number of rotatable bonds is 4. The first kappa shape index (κ1) is 15.0. The van der Waals surface area contributed by atoms with Gasteiger partial charge in [-0.3, -0.25) is 4.90 Å². The van der Waals surface area contributed by atoms with Crippen LogP contribution >= 0.6 is 0 Å². The third-order valence-electron chi connectivity index (χ3n) is 5.52. The molecular weight excluding hydrogens is 263 g/mol. The third kappa shape index (κ3) is 3.00. The summed E-state index contributed by atoms with van der Waals surface area (Å²) < 4.78 is 13.1. The second-order valence-corrected chi connectivity index (χ2v) is 7.03. The molecule has 0 spiro atoms. The number of hydrogen-bond donors (Lipinski definition) is 1. The molecule has 3 unspecified atom stereocenters. The number of hydrogen-bond acceptors (Lipinski definition) is 2. The van der Waals surface area contributed by atoms with E-state index in [9.17, 15) is 4.39 Å². The second kappa shape index (κ2) is 5.69. The lowest BCUT2D eigenvalue weighted by Crippen LogP contribution is -2.64. The van der Waals surface area contributed by atoms with Crippen molar-refractivity contribution in [2.24, 2.45) is 5.92 Å². The van der Waals surface area contributed by atoms with Gasteiger partial charge in [0.05, 0.1) is 0 Å². The van der Waals surface area contributed by atoms with Crippen LogP contribution in [0.15, 0.2) is 24.3 Å². The highest BCUT2D eigenvalue weighted by atomic mass is 19.1. The molecule has 1 saturated heterocycles. The van der Waals surface area contributed by atoms with Gasteiger partial charge in [0.1, 0.15) is 5.82 Å². The van der Waals surface area contributed by atoms with Crippen LogP contribution in [0.2, 0.25) is 0 Å². The molecule has 116 valence electrons. The van der Waals surface area contributed by atoms with Crippen molar-refractivity contribution in [2.75, 3.05) is 13.1 Å². The van der Waals surface area contributed by atoms with Crippen LogP contribution in [-0.4, -0.2) is 29.6 Å². The lowest BCUT2D eigenvalue weighted by atomic mass is 9.88. The highest BCUT2D eigenvalue weighted by Gasteiger charge is 2.46. The van der Waals surface area contributed by atoms with Crippen molar-refractivity contribution in [3.63, 3.8) is 0 Å². The lowest BCUT2D eigenvalue weighted by Gasteiger charge is -2.49. The van der Waals surface area contributed by atoms with E-state index in [0.717, 1.165) is 25.4 Å². The zero-order valence-corrected chi connectivity index (χ0v) is 13.4. The van der Waals surface area contributed by atoms with Crippen molar-refractivity contribution in [3.05, 3.63) is 35.6 Å².